The number of fused-ring (bicyclic) bond motifs is 1. The fourth-order valence-corrected chi connectivity index (χ4v) is 1.87. The van der Waals surface area contributed by atoms with Crippen molar-refractivity contribution in [2.24, 2.45) is 5.14 Å². The molecule has 0 saturated heterocycles. The highest BCUT2D eigenvalue weighted by molar-refractivity contribution is 7.89. The second kappa shape index (κ2) is 5.51. The van der Waals surface area contributed by atoms with Crippen molar-refractivity contribution in [1.82, 2.24) is 15.3 Å². The van der Waals surface area contributed by atoms with Crippen molar-refractivity contribution >= 4 is 27.0 Å². The van der Waals surface area contributed by atoms with Crippen molar-refractivity contribution in [3.8, 4) is 0 Å². The van der Waals surface area contributed by atoms with E-state index in [1.165, 1.54) is 13.1 Å². The standard InChI is InChI=1S/C12H14N4O3S/c1-8(20(13,18)19)7-16-12(17)9-2-3-10-11(6-9)15-5-4-14-10/h2-6,8H,7H2,1H3,(H,16,17)(H2,13,18,19). The molecule has 2 rings (SSSR count). The molecule has 1 atom stereocenters. The van der Waals surface area contributed by atoms with Crippen molar-refractivity contribution in [2.45, 2.75) is 12.2 Å². The lowest BCUT2D eigenvalue weighted by Crippen LogP contribution is -2.38. The summed E-state index contributed by atoms with van der Waals surface area (Å²) in [5, 5.41) is 6.66. The minimum atomic E-state index is -3.65. The van der Waals surface area contributed by atoms with Crippen LogP contribution in [0.5, 0.6) is 0 Å². The smallest absolute Gasteiger partial charge is 0.251 e. The molecule has 1 aromatic carbocycles. The van der Waals surface area contributed by atoms with Gasteiger partial charge in [-0.1, -0.05) is 0 Å². The van der Waals surface area contributed by atoms with Gasteiger partial charge in [-0.05, 0) is 25.1 Å². The van der Waals surface area contributed by atoms with E-state index in [9.17, 15) is 13.2 Å². The lowest BCUT2D eigenvalue weighted by atomic mass is 10.2. The third-order valence-corrected chi connectivity index (χ3v) is 4.13. The van der Waals surface area contributed by atoms with E-state index >= 15 is 0 Å². The van der Waals surface area contributed by atoms with Gasteiger partial charge in [-0.25, -0.2) is 13.6 Å². The number of nitrogens with two attached hydrogens (primary N) is 1. The van der Waals surface area contributed by atoms with E-state index in [0.29, 0.717) is 16.6 Å². The van der Waals surface area contributed by atoms with E-state index in [-0.39, 0.29) is 12.5 Å². The first-order chi connectivity index (χ1) is 9.38. The molecular weight excluding hydrogens is 280 g/mol. The van der Waals surface area contributed by atoms with Gasteiger partial charge in [0.25, 0.3) is 5.91 Å². The highest BCUT2D eigenvalue weighted by Gasteiger charge is 2.17. The van der Waals surface area contributed by atoms with Crippen LogP contribution in [0.4, 0.5) is 0 Å². The van der Waals surface area contributed by atoms with Gasteiger partial charge in [-0.3, -0.25) is 14.8 Å². The summed E-state index contributed by atoms with van der Waals surface area (Å²) in [6.07, 6.45) is 3.10. The summed E-state index contributed by atoms with van der Waals surface area (Å²) in [7, 11) is -3.65. The average Bonchev–Trinajstić information content (AvgIpc) is 2.42. The van der Waals surface area contributed by atoms with Crippen LogP contribution in [0, 0.1) is 0 Å². The molecule has 3 N–H and O–H groups in total. The van der Waals surface area contributed by atoms with E-state index in [0.717, 1.165) is 0 Å². The van der Waals surface area contributed by atoms with Crippen LogP contribution in [0.15, 0.2) is 30.6 Å². The van der Waals surface area contributed by atoms with E-state index in [1.807, 2.05) is 0 Å². The van der Waals surface area contributed by atoms with Gasteiger partial charge in [0.2, 0.25) is 10.0 Å². The summed E-state index contributed by atoms with van der Waals surface area (Å²) in [5.41, 5.74) is 1.67. The summed E-state index contributed by atoms with van der Waals surface area (Å²) in [5.74, 6) is -0.381. The lowest BCUT2D eigenvalue weighted by Gasteiger charge is -2.10. The Labute approximate surface area is 116 Å². The zero-order valence-corrected chi connectivity index (χ0v) is 11.6. The predicted octanol–water partition coefficient (Wildman–Crippen LogP) is 0.0366. The van der Waals surface area contributed by atoms with Crippen LogP contribution in [-0.2, 0) is 10.0 Å². The lowest BCUT2D eigenvalue weighted by molar-refractivity contribution is 0.0954. The maximum absolute atomic E-state index is 11.9. The molecule has 0 bridgehead atoms. The van der Waals surface area contributed by atoms with E-state index in [2.05, 4.69) is 15.3 Å². The highest BCUT2D eigenvalue weighted by Crippen LogP contribution is 2.10. The van der Waals surface area contributed by atoms with Crippen LogP contribution in [-0.4, -0.2) is 36.1 Å². The zero-order valence-electron chi connectivity index (χ0n) is 10.8. The van der Waals surface area contributed by atoms with Gasteiger partial charge >= 0.3 is 0 Å². The number of hydrogen-bond acceptors (Lipinski definition) is 5. The van der Waals surface area contributed by atoms with Crippen molar-refractivity contribution in [3.63, 3.8) is 0 Å². The Morgan fingerprint density at radius 1 is 1.30 bits per heavy atom. The Balaban J connectivity index is 2.12. The quantitative estimate of drug-likeness (QED) is 0.826. The number of carbonyl (C=O) groups excluding carboxylic acids is 1. The predicted molar refractivity (Wildman–Crippen MR) is 74.4 cm³/mol. The van der Waals surface area contributed by atoms with Crippen LogP contribution >= 0.6 is 0 Å². The molecule has 0 radical (unpaired) electrons. The number of rotatable bonds is 4. The molecular formula is C12H14N4O3S. The van der Waals surface area contributed by atoms with Crippen molar-refractivity contribution in [1.29, 1.82) is 0 Å². The maximum Gasteiger partial charge on any atom is 0.251 e. The van der Waals surface area contributed by atoms with Crippen molar-refractivity contribution < 1.29 is 13.2 Å². The molecule has 1 unspecified atom stereocenters. The SMILES string of the molecule is CC(CNC(=O)c1ccc2nccnc2c1)S(N)(=O)=O. The third kappa shape index (κ3) is 3.28. The van der Waals surface area contributed by atoms with Gasteiger partial charge in [-0.15, -0.1) is 0 Å². The molecule has 2 aromatic rings. The summed E-state index contributed by atoms with van der Waals surface area (Å²) in [6, 6.07) is 4.88. The molecule has 20 heavy (non-hydrogen) atoms. The number of amides is 1. The number of nitrogens with zero attached hydrogens (tertiary/aromatic N) is 2. The molecule has 0 aliphatic carbocycles. The Morgan fingerprint density at radius 2 is 1.95 bits per heavy atom. The fourth-order valence-electron chi connectivity index (χ4n) is 1.56. The van der Waals surface area contributed by atoms with Crippen LogP contribution in [0.1, 0.15) is 17.3 Å². The molecule has 0 aliphatic heterocycles. The minimum Gasteiger partial charge on any atom is -0.351 e. The second-order valence-corrected chi connectivity index (χ2v) is 6.35. The van der Waals surface area contributed by atoms with Gasteiger partial charge in [0, 0.05) is 24.5 Å². The third-order valence-electron chi connectivity index (χ3n) is 2.84. The van der Waals surface area contributed by atoms with Crippen molar-refractivity contribution in [2.75, 3.05) is 6.54 Å². The normalized spacial score (nSPS) is 13.1. The van der Waals surface area contributed by atoms with Gasteiger partial charge < -0.3 is 5.32 Å². The number of hydrogen-bond donors (Lipinski definition) is 2. The number of aromatic nitrogens is 2. The van der Waals surface area contributed by atoms with Crippen LogP contribution in [0.25, 0.3) is 11.0 Å². The number of benzene rings is 1. The highest BCUT2D eigenvalue weighted by atomic mass is 32.2. The minimum absolute atomic E-state index is 0.0455. The monoisotopic (exact) mass is 294 g/mol. The number of primary sulfonamides is 1. The molecule has 0 spiro atoms. The molecule has 0 fully saturated rings. The Kier molecular flexibility index (Phi) is 3.96. The Morgan fingerprint density at radius 3 is 2.60 bits per heavy atom. The van der Waals surface area contributed by atoms with Crippen LogP contribution < -0.4 is 10.5 Å². The van der Waals surface area contributed by atoms with Gasteiger partial charge in [-0.2, -0.15) is 0 Å². The van der Waals surface area contributed by atoms with Gasteiger partial charge in [0.15, 0.2) is 0 Å². The Hall–Kier alpha value is -2.06. The number of sulfonamides is 1. The van der Waals surface area contributed by atoms with Gasteiger partial charge in [0.1, 0.15) is 0 Å². The maximum atomic E-state index is 11.9. The molecule has 0 aliphatic rings. The van der Waals surface area contributed by atoms with Crippen LogP contribution in [0.2, 0.25) is 0 Å². The molecule has 1 heterocycles. The largest absolute Gasteiger partial charge is 0.351 e. The van der Waals surface area contributed by atoms with Gasteiger partial charge in [0.05, 0.1) is 16.3 Å². The molecule has 0 saturated carbocycles. The Bertz CT molecular complexity index is 745. The first kappa shape index (κ1) is 14.4. The zero-order chi connectivity index (χ0) is 14.8. The first-order valence-electron chi connectivity index (χ1n) is 5.88. The molecule has 1 amide bonds. The first-order valence-corrected chi connectivity index (χ1v) is 7.49. The summed E-state index contributed by atoms with van der Waals surface area (Å²) < 4.78 is 22.1. The molecule has 8 heteroatoms. The molecule has 1 aromatic heterocycles. The molecule has 7 nitrogen and oxygen atoms in total. The van der Waals surface area contributed by atoms with E-state index in [1.54, 1.807) is 24.4 Å². The topological polar surface area (TPSA) is 115 Å². The summed E-state index contributed by atoms with van der Waals surface area (Å²) in [4.78, 5) is 20.1. The second-order valence-electron chi connectivity index (χ2n) is 4.37. The summed E-state index contributed by atoms with van der Waals surface area (Å²) >= 11 is 0. The fraction of sp³-hybridized carbons (Fsp3) is 0.250. The average molecular weight is 294 g/mol. The van der Waals surface area contributed by atoms with Crippen molar-refractivity contribution in [3.05, 3.63) is 36.2 Å². The number of nitrogens with one attached hydrogen (secondary N) is 1. The molecule has 106 valence electrons. The van der Waals surface area contributed by atoms with Crippen LogP contribution in [0.3, 0.4) is 0 Å². The van der Waals surface area contributed by atoms with E-state index in [4.69, 9.17) is 5.14 Å². The number of carbonyl (C=O) groups is 1. The van der Waals surface area contributed by atoms with E-state index < -0.39 is 15.3 Å². The summed E-state index contributed by atoms with van der Waals surface area (Å²) in [6.45, 7) is 1.39.